The van der Waals surface area contributed by atoms with E-state index >= 15 is 0 Å². The molecule has 94 heavy (non-hydrogen) atoms. The van der Waals surface area contributed by atoms with Gasteiger partial charge in [0.1, 0.15) is 13.2 Å². The number of nitrogens with zero attached hydrogens (tertiary/aromatic N) is 6. The fourth-order valence-electron chi connectivity index (χ4n) is 14.3. The summed E-state index contributed by atoms with van der Waals surface area (Å²) in [5.41, 5.74) is -0.703. The molecule has 4 aliphatic carbocycles. The van der Waals surface area contributed by atoms with E-state index in [9.17, 15) is 69.0 Å². The molecule has 0 spiro atoms. The Hall–Kier alpha value is -9.71. The summed E-state index contributed by atoms with van der Waals surface area (Å²) >= 11 is 0. The summed E-state index contributed by atoms with van der Waals surface area (Å²) in [6.07, 6.45) is 16.4. The molecule has 4 fully saturated rings. The van der Waals surface area contributed by atoms with Crippen LogP contribution in [0, 0.1) is 71.3 Å². The van der Waals surface area contributed by atoms with Crippen LogP contribution in [-0.4, -0.2) is 71.2 Å². The molecular formula is C70H81N7O17. The number of aliphatic hydroxyl groups is 1. The molecular weight excluding hydrogens is 1210 g/mol. The van der Waals surface area contributed by atoms with Crippen LogP contribution < -0.4 is 27.6 Å². The predicted molar refractivity (Wildman–Crippen MR) is 357 cm³/mol. The molecule has 4 aromatic carbocycles. The number of anilines is 1. The van der Waals surface area contributed by atoms with Crippen molar-refractivity contribution in [3.05, 3.63) is 194 Å². The summed E-state index contributed by atoms with van der Waals surface area (Å²) in [6.45, 7) is 15.0. The van der Waals surface area contributed by atoms with Crippen molar-refractivity contribution in [2.75, 3.05) is 25.1 Å². The van der Waals surface area contributed by atoms with Gasteiger partial charge in [-0.1, -0.05) is 65.8 Å². The maximum absolute atomic E-state index is 13.2. The SMILES string of the molecule is CC(=O)OC[C@H](CC(C)C)n1ccc2c([N+](=O)[O-])cccc2c1=O.CC(=O)OC[C@H](CC(C)C)n1ccc2c([N+](=O)[O-])cccc2c1=O.CC(C)C[C@@H](CO)n1ccc2c(NC(=O)CC34CC5CC(CC(C5)C3)C4)cccc2c1=O.O=c1occc2c([N+](=O)[O-])cccc12. The number of nitrogens with one attached hydrogen (secondary N) is 1. The highest BCUT2D eigenvalue weighted by Crippen LogP contribution is 2.61. The number of nitro groups is 3. The monoisotopic (exact) mass is 1290 g/mol. The molecule has 12 rings (SSSR count). The summed E-state index contributed by atoms with van der Waals surface area (Å²) in [5, 5.41) is 48.8. The Balaban J connectivity index is 0.000000166. The van der Waals surface area contributed by atoms with Crippen LogP contribution in [0.4, 0.5) is 22.7 Å². The standard InChI is InChI=1S/C27H36N2O3.2C17H20N2O5.C9H5NO4/c1-17(2)8-21(16-30)29-7-6-22-23(26(29)32)4-3-5-24(22)28-25(31)15-27-12-18-9-19(13-27)11-20(10-18)14-27;2*1-11(2)9-13(10-24-12(3)20)18-8-7-14-15(17(18)21)5-4-6-16(14)19(22)23;11-9-7-2-1-3-8(10(12)13)6(7)4-5-14-9/h3-7,17-21,30H,8-16H2,1-2H3,(H,28,31);2*4-8,11,13H,9-10H2,1-3H3;1-5H/t18?,19?,20?,21-,27?;2*13-;/m000./s1. The third-order valence-corrected chi connectivity index (χ3v) is 17.7. The predicted octanol–water partition coefficient (Wildman–Crippen LogP) is 12.9. The van der Waals surface area contributed by atoms with Crippen LogP contribution in [0.25, 0.3) is 43.1 Å². The molecule has 4 bridgehead atoms. The summed E-state index contributed by atoms with van der Waals surface area (Å²) in [5.74, 6) is 2.71. The molecule has 1 amide bonds. The lowest BCUT2D eigenvalue weighted by atomic mass is 9.49. The van der Waals surface area contributed by atoms with Crippen molar-refractivity contribution in [3.8, 4) is 0 Å². The number of fused-ring (bicyclic) bond motifs is 4. The fraction of sp³-hybridized carbons (Fsp3) is 0.443. The number of aromatic nitrogens is 3. The molecule has 4 aromatic heterocycles. The van der Waals surface area contributed by atoms with Gasteiger partial charge in [0.2, 0.25) is 5.91 Å². The number of carbonyl (C=O) groups excluding carboxylic acids is 3. The molecule has 0 unspecified atom stereocenters. The molecule has 4 aliphatic rings. The van der Waals surface area contributed by atoms with Gasteiger partial charge < -0.3 is 38.0 Å². The van der Waals surface area contributed by atoms with Gasteiger partial charge in [-0.15, -0.1) is 0 Å². The van der Waals surface area contributed by atoms with E-state index in [4.69, 9.17) is 9.47 Å². The molecule has 8 aromatic rings. The number of hydrogen-bond acceptors (Lipinski definition) is 17. The molecule has 0 aliphatic heterocycles. The average molecular weight is 1290 g/mol. The Labute approximate surface area is 540 Å². The molecule has 0 saturated heterocycles. The van der Waals surface area contributed by atoms with E-state index in [2.05, 4.69) is 23.6 Å². The number of carbonyl (C=O) groups is 3. The smallest absolute Gasteiger partial charge is 0.343 e. The third kappa shape index (κ3) is 16.9. The Morgan fingerprint density at radius 1 is 0.532 bits per heavy atom. The Kier molecular flexibility index (Phi) is 23.0. The lowest BCUT2D eigenvalue weighted by Gasteiger charge is -2.56. The number of rotatable bonds is 20. The first-order valence-corrected chi connectivity index (χ1v) is 31.7. The van der Waals surface area contributed by atoms with Crippen molar-refractivity contribution >= 4 is 83.7 Å². The molecule has 4 saturated carbocycles. The molecule has 4 heterocycles. The van der Waals surface area contributed by atoms with Crippen LogP contribution in [0.1, 0.15) is 138 Å². The number of hydrogen-bond donors (Lipinski definition) is 2. The number of amides is 1. The molecule has 24 heteroatoms. The second-order valence-corrected chi connectivity index (χ2v) is 26.3. The van der Waals surface area contributed by atoms with Crippen molar-refractivity contribution < 1.29 is 48.2 Å². The second kappa shape index (κ2) is 30.8. The van der Waals surface area contributed by atoms with Crippen molar-refractivity contribution in [2.24, 2.45) is 40.9 Å². The number of benzene rings is 4. The van der Waals surface area contributed by atoms with Crippen LogP contribution in [-0.2, 0) is 23.9 Å². The molecule has 2 N–H and O–H groups in total. The Morgan fingerprint density at radius 2 is 0.894 bits per heavy atom. The third-order valence-electron chi connectivity index (χ3n) is 17.7. The van der Waals surface area contributed by atoms with Gasteiger partial charge in [0.15, 0.2) is 0 Å². The van der Waals surface area contributed by atoms with E-state index in [1.165, 1.54) is 122 Å². The van der Waals surface area contributed by atoms with Crippen molar-refractivity contribution in [3.63, 3.8) is 0 Å². The average Bonchev–Trinajstić information content (AvgIpc) is 0.762. The number of pyridine rings is 3. The highest BCUT2D eigenvalue weighted by Gasteiger charge is 2.51. The van der Waals surface area contributed by atoms with E-state index in [0.29, 0.717) is 64.2 Å². The Morgan fingerprint density at radius 3 is 1.29 bits per heavy atom. The minimum atomic E-state index is -0.564. The van der Waals surface area contributed by atoms with E-state index in [1.807, 2.05) is 52.0 Å². The summed E-state index contributed by atoms with van der Waals surface area (Å²) in [6, 6.07) is 24.3. The zero-order valence-corrected chi connectivity index (χ0v) is 54.1. The van der Waals surface area contributed by atoms with Crippen LogP contribution >= 0.6 is 0 Å². The van der Waals surface area contributed by atoms with Crippen molar-refractivity contribution in [2.45, 2.75) is 138 Å². The van der Waals surface area contributed by atoms with Crippen molar-refractivity contribution in [1.29, 1.82) is 0 Å². The second-order valence-electron chi connectivity index (χ2n) is 26.3. The lowest BCUT2D eigenvalue weighted by molar-refractivity contribution is -0.383. The van der Waals surface area contributed by atoms with Gasteiger partial charge >= 0.3 is 17.6 Å². The maximum atomic E-state index is 13.2. The summed E-state index contributed by atoms with van der Waals surface area (Å²) in [4.78, 5) is 117. The van der Waals surface area contributed by atoms with Gasteiger partial charge in [0, 0.05) is 73.5 Å². The van der Waals surface area contributed by atoms with E-state index in [-0.39, 0.29) is 99.2 Å². The molecule has 498 valence electrons. The topological polar surface area (TPSA) is 328 Å². The Bertz CT molecular complexity index is 4200. The molecule has 24 nitrogen and oxygen atoms in total. The number of ether oxygens (including phenoxy) is 2. The first-order valence-electron chi connectivity index (χ1n) is 31.7. The van der Waals surface area contributed by atoms with Crippen molar-refractivity contribution in [1.82, 2.24) is 13.7 Å². The largest absolute Gasteiger partial charge is 0.464 e. The van der Waals surface area contributed by atoms with E-state index < -0.39 is 32.3 Å². The number of esters is 2. The number of non-ortho nitro benzene ring substituents is 3. The lowest BCUT2D eigenvalue weighted by Crippen LogP contribution is -2.47. The van der Waals surface area contributed by atoms with Gasteiger partial charge in [-0.3, -0.25) is 59.1 Å². The highest BCUT2D eigenvalue weighted by atomic mass is 16.6. The fourth-order valence-corrected chi connectivity index (χ4v) is 14.3. The van der Waals surface area contributed by atoms with Crippen LogP contribution in [0.2, 0.25) is 0 Å². The van der Waals surface area contributed by atoms with E-state index in [0.717, 1.165) is 35.8 Å². The van der Waals surface area contributed by atoms with Crippen LogP contribution in [0.3, 0.4) is 0 Å². The number of aliphatic hydroxyl groups excluding tert-OH is 1. The maximum Gasteiger partial charge on any atom is 0.343 e. The zero-order valence-electron chi connectivity index (χ0n) is 54.1. The minimum Gasteiger partial charge on any atom is -0.464 e. The van der Waals surface area contributed by atoms with Gasteiger partial charge in [0.25, 0.3) is 33.7 Å². The summed E-state index contributed by atoms with van der Waals surface area (Å²) < 4.78 is 19.4. The highest BCUT2D eigenvalue weighted by molar-refractivity contribution is 6.02. The summed E-state index contributed by atoms with van der Waals surface area (Å²) in [7, 11) is 0. The molecule has 0 radical (unpaired) electrons. The van der Waals surface area contributed by atoms with Crippen LogP contribution in [0.15, 0.2) is 146 Å². The molecule has 3 atom stereocenters. The van der Waals surface area contributed by atoms with Gasteiger partial charge in [-0.25, -0.2) is 4.79 Å². The zero-order chi connectivity index (χ0) is 68.3. The van der Waals surface area contributed by atoms with Gasteiger partial charge in [-0.05, 0) is 153 Å². The first kappa shape index (κ1) is 70.2. The van der Waals surface area contributed by atoms with Gasteiger partial charge in [0.05, 0.1) is 78.1 Å². The quantitative estimate of drug-likeness (QED) is 0.0407. The van der Waals surface area contributed by atoms with E-state index in [1.54, 1.807) is 35.0 Å². The first-order chi connectivity index (χ1) is 44.7. The van der Waals surface area contributed by atoms with Crippen LogP contribution in [0.5, 0.6) is 0 Å². The normalized spacial score (nSPS) is 17.9. The number of nitro benzene ring substituents is 3. The van der Waals surface area contributed by atoms with Gasteiger partial charge in [-0.2, -0.15) is 0 Å². The minimum absolute atomic E-state index is 0.0644.